The van der Waals surface area contributed by atoms with E-state index >= 15 is 0 Å². The summed E-state index contributed by atoms with van der Waals surface area (Å²) in [6.07, 6.45) is 52.0. The number of allylic oxidation sites excluding steroid dienone is 20. The summed E-state index contributed by atoms with van der Waals surface area (Å²) in [7, 11) is 0. The Hall–Kier alpha value is -3.90. The van der Waals surface area contributed by atoms with Crippen molar-refractivity contribution in [1.29, 1.82) is 0 Å². The lowest BCUT2D eigenvalue weighted by atomic mass is 9.99. The van der Waals surface area contributed by atoms with Crippen LogP contribution in [-0.4, -0.2) is 89.0 Å². The SMILES string of the molecule is CC/C=C\C/C=C\C/C=C\C/C=C\C/C=C\CCCCCC(=O)OCC(COC1OC(CO)C(O)C(O)C1O)OC(=O)CCCCC/C=C\C/C=C\C/C=C\C/C=C\C/C=C\CC. The Morgan fingerprint density at radius 2 is 0.889 bits per heavy atom. The van der Waals surface area contributed by atoms with E-state index in [4.69, 9.17) is 18.9 Å². The molecule has 10 nitrogen and oxygen atoms in total. The summed E-state index contributed by atoms with van der Waals surface area (Å²) in [5.74, 6) is -0.896. The molecule has 6 unspecified atom stereocenters. The molecule has 0 radical (unpaired) electrons. The average molecular weight is 879 g/mol. The van der Waals surface area contributed by atoms with E-state index in [9.17, 15) is 30.0 Å². The molecule has 1 aliphatic rings. The second-order valence-corrected chi connectivity index (χ2v) is 15.4. The number of unbranched alkanes of at least 4 members (excludes halogenated alkanes) is 6. The number of aliphatic hydroxyl groups is 4. The third kappa shape index (κ3) is 33.3. The Kier molecular flexibility index (Phi) is 38.1. The van der Waals surface area contributed by atoms with E-state index in [2.05, 4.69) is 135 Å². The topological polar surface area (TPSA) is 152 Å². The molecule has 1 saturated heterocycles. The molecule has 4 N–H and O–H groups in total. The maximum absolute atomic E-state index is 12.8. The van der Waals surface area contributed by atoms with Gasteiger partial charge in [-0.25, -0.2) is 0 Å². The van der Waals surface area contributed by atoms with Gasteiger partial charge in [-0.3, -0.25) is 9.59 Å². The monoisotopic (exact) mass is 879 g/mol. The van der Waals surface area contributed by atoms with Gasteiger partial charge in [-0.15, -0.1) is 0 Å². The van der Waals surface area contributed by atoms with Crippen molar-refractivity contribution in [2.45, 2.75) is 179 Å². The smallest absolute Gasteiger partial charge is 0.306 e. The molecule has 0 aliphatic carbocycles. The third-order valence-corrected chi connectivity index (χ3v) is 9.84. The van der Waals surface area contributed by atoms with E-state index in [1.54, 1.807) is 0 Å². The third-order valence-electron chi connectivity index (χ3n) is 9.84. The number of hydrogen-bond acceptors (Lipinski definition) is 10. The molecular formula is C53H82O10. The van der Waals surface area contributed by atoms with Gasteiger partial charge >= 0.3 is 11.9 Å². The van der Waals surface area contributed by atoms with Crippen molar-refractivity contribution in [3.63, 3.8) is 0 Å². The number of carbonyl (C=O) groups excluding carboxylic acids is 2. The Bertz CT molecular complexity index is 1430. The minimum absolute atomic E-state index is 0.175. The van der Waals surface area contributed by atoms with Gasteiger partial charge in [0.2, 0.25) is 0 Å². The van der Waals surface area contributed by atoms with Crippen LogP contribution in [0, 0.1) is 0 Å². The summed E-state index contributed by atoms with van der Waals surface area (Å²) in [6, 6.07) is 0. The van der Waals surface area contributed by atoms with E-state index in [1.165, 1.54) is 0 Å². The number of aliphatic hydroxyl groups excluding tert-OH is 4. The average Bonchev–Trinajstić information content (AvgIpc) is 3.28. The zero-order chi connectivity index (χ0) is 45.9. The van der Waals surface area contributed by atoms with Gasteiger partial charge in [0.1, 0.15) is 31.0 Å². The number of rotatable bonds is 37. The van der Waals surface area contributed by atoms with E-state index in [0.29, 0.717) is 12.8 Å². The van der Waals surface area contributed by atoms with Crippen LogP contribution in [0.3, 0.4) is 0 Å². The zero-order valence-corrected chi connectivity index (χ0v) is 38.5. The number of hydrogen-bond donors (Lipinski definition) is 4. The van der Waals surface area contributed by atoms with Crippen LogP contribution < -0.4 is 0 Å². The summed E-state index contributed by atoms with van der Waals surface area (Å²) in [5.41, 5.74) is 0. The molecule has 0 aromatic heterocycles. The second-order valence-electron chi connectivity index (χ2n) is 15.4. The van der Waals surface area contributed by atoms with E-state index < -0.39 is 55.4 Å². The Labute approximate surface area is 380 Å². The van der Waals surface area contributed by atoms with E-state index in [1.807, 2.05) is 0 Å². The van der Waals surface area contributed by atoms with Crippen LogP contribution in [0.1, 0.15) is 142 Å². The highest BCUT2D eigenvalue weighted by molar-refractivity contribution is 5.70. The highest BCUT2D eigenvalue weighted by atomic mass is 16.7. The van der Waals surface area contributed by atoms with Crippen molar-refractivity contribution in [2.24, 2.45) is 0 Å². The highest BCUT2D eigenvalue weighted by Crippen LogP contribution is 2.22. The van der Waals surface area contributed by atoms with Gasteiger partial charge in [-0.05, 0) is 103 Å². The maximum Gasteiger partial charge on any atom is 0.306 e. The maximum atomic E-state index is 12.8. The van der Waals surface area contributed by atoms with Gasteiger partial charge in [0.25, 0.3) is 0 Å². The summed E-state index contributed by atoms with van der Waals surface area (Å²) in [5, 5.41) is 40.1. The van der Waals surface area contributed by atoms with Crippen molar-refractivity contribution in [3.05, 3.63) is 122 Å². The quantitative estimate of drug-likeness (QED) is 0.0270. The first-order valence-corrected chi connectivity index (χ1v) is 23.6. The molecule has 6 atom stereocenters. The molecular weight excluding hydrogens is 797 g/mol. The van der Waals surface area contributed by atoms with Gasteiger partial charge in [-0.2, -0.15) is 0 Å². The Morgan fingerprint density at radius 1 is 0.492 bits per heavy atom. The van der Waals surface area contributed by atoms with Crippen molar-refractivity contribution in [1.82, 2.24) is 0 Å². The van der Waals surface area contributed by atoms with Gasteiger partial charge in [0, 0.05) is 12.8 Å². The van der Waals surface area contributed by atoms with Crippen molar-refractivity contribution < 1.29 is 49.0 Å². The summed E-state index contributed by atoms with van der Waals surface area (Å²) >= 11 is 0. The first kappa shape index (κ1) is 57.1. The van der Waals surface area contributed by atoms with Crippen LogP contribution in [0.25, 0.3) is 0 Å². The minimum Gasteiger partial charge on any atom is -0.462 e. The molecule has 354 valence electrons. The van der Waals surface area contributed by atoms with Crippen LogP contribution in [-0.2, 0) is 28.5 Å². The van der Waals surface area contributed by atoms with E-state index in [0.717, 1.165) is 103 Å². The molecule has 0 amide bonds. The van der Waals surface area contributed by atoms with Crippen LogP contribution in [0.5, 0.6) is 0 Å². The first-order valence-electron chi connectivity index (χ1n) is 23.6. The fourth-order valence-corrected chi connectivity index (χ4v) is 6.18. The minimum atomic E-state index is -1.62. The predicted octanol–water partition coefficient (Wildman–Crippen LogP) is 10.7. The Morgan fingerprint density at radius 3 is 1.30 bits per heavy atom. The Balaban J connectivity index is 2.38. The fourth-order valence-electron chi connectivity index (χ4n) is 6.18. The van der Waals surface area contributed by atoms with Crippen LogP contribution in [0.15, 0.2) is 122 Å². The predicted molar refractivity (Wildman–Crippen MR) is 256 cm³/mol. The van der Waals surface area contributed by atoms with Gasteiger partial charge in [-0.1, -0.05) is 148 Å². The molecule has 63 heavy (non-hydrogen) atoms. The van der Waals surface area contributed by atoms with Crippen LogP contribution >= 0.6 is 0 Å². The molecule has 0 spiro atoms. The molecule has 0 bridgehead atoms. The lowest BCUT2D eigenvalue weighted by Crippen LogP contribution is -2.59. The van der Waals surface area contributed by atoms with Gasteiger partial charge < -0.3 is 39.4 Å². The summed E-state index contributed by atoms with van der Waals surface area (Å²) in [6.45, 7) is 3.10. The molecule has 1 aliphatic heterocycles. The molecule has 0 saturated carbocycles. The standard InChI is InChI=1S/C53H82O10/c1-3-5-7-9-11-13-15-17-19-21-23-25-27-29-31-33-35-37-39-41-48(55)60-44-46(45-61-53-52(59)51(58)50(57)47(43-54)63-53)62-49(56)42-40-38-36-34-32-30-28-26-24-22-20-18-16-14-12-10-8-6-4-2/h5-8,11-14,17-20,23-26,29-32,46-47,50-54,57-59H,3-4,9-10,15-16,21-22,27-28,33-45H2,1-2H3/b7-5-,8-6-,13-11-,14-12-,19-17-,20-18-,25-23-,26-24-,31-29-,32-30-. The highest BCUT2D eigenvalue weighted by Gasteiger charge is 2.44. The molecule has 0 aromatic rings. The van der Waals surface area contributed by atoms with Crippen LogP contribution in [0.4, 0.5) is 0 Å². The summed E-state index contributed by atoms with van der Waals surface area (Å²) < 4.78 is 22.1. The number of esters is 2. The lowest BCUT2D eigenvalue weighted by Gasteiger charge is -2.39. The second kappa shape index (κ2) is 42.1. The zero-order valence-electron chi connectivity index (χ0n) is 38.5. The summed E-state index contributed by atoms with van der Waals surface area (Å²) in [4.78, 5) is 25.4. The van der Waals surface area contributed by atoms with E-state index in [-0.39, 0.29) is 26.1 Å². The number of ether oxygens (including phenoxy) is 4. The van der Waals surface area contributed by atoms with Gasteiger partial charge in [0.15, 0.2) is 12.4 Å². The van der Waals surface area contributed by atoms with Crippen molar-refractivity contribution >= 4 is 11.9 Å². The van der Waals surface area contributed by atoms with Crippen molar-refractivity contribution in [3.8, 4) is 0 Å². The molecule has 1 heterocycles. The molecule has 0 aromatic carbocycles. The molecule has 1 fully saturated rings. The molecule has 1 rings (SSSR count). The first-order chi connectivity index (χ1) is 30.8. The molecule has 10 heteroatoms. The van der Waals surface area contributed by atoms with Crippen LogP contribution in [0.2, 0.25) is 0 Å². The number of carbonyl (C=O) groups is 2. The van der Waals surface area contributed by atoms with Gasteiger partial charge in [0.05, 0.1) is 13.2 Å². The largest absolute Gasteiger partial charge is 0.462 e. The normalized spacial score (nSPS) is 20.6. The lowest BCUT2D eigenvalue weighted by molar-refractivity contribution is -0.305. The fraction of sp³-hybridized carbons (Fsp3) is 0.585. The van der Waals surface area contributed by atoms with Crippen molar-refractivity contribution in [2.75, 3.05) is 19.8 Å².